The number of carbonyl (C=O) groups is 1. The Morgan fingerprint density at radius 2 is 1.63 bits per heavy atom. The van der Waals surface area contributed by atoms with Crippen molar-refractivity contribution in [2.24, 2.45) is 0 Å². The van der Waals surface area contributed by atoms with Crippen LogP contribution in [0, 0.1) is 11.8 Å². The normalized spacial score (nSPS) is 11.7. The number of oxazole rings is 2. The van der Waals surface area contributed by atoms with Crippen LogP contribution >= 0.6 is 24.4 Å². The summed E-state index contributed by atoms with van der Waals surface area (Å²) in [5, 5.41) is 2.41. The molecule has 0 bridgehead atoms. The fraction of sp³-hybridized carbons (Fsp3) is 0.485. The summed E-state index contributed by atoms with van der Waals surface area (Å²) in [6.07, 6.45) is 14.4. The Kier molecular flexibility index (Phi) is 10.8. The zero-order valence-electron chi connectivity index (χ0n) is 24.2. The molecule has 0 unspecified atom stereocenters. The van der Waals surface area contributed by atoms with Crippen LogP contribution in [0.5, 0.6) is 0 Å². The SMILES string of the molecule is CCCCCCCC#Cc1nc2cc3c([te]c4c(CS)c5oc(CC(=O)CCCCCC)nc5cc43)c(SC)c2o1. The van der Waals surface area contributed by atoms with E-state index in [0.29, 0.717) is 24.0 Å². The van der Waals surface area contributed by atoms with E-state index in [1.165, 1.54) is 54.6 Å². The predicted molar refractivity (Wildman–Crippen MR) is 176 cm³/mol. The number of hydrogen-bond donors (Lipinski definition) is 1. The predicted octanol–water partition coefficient (Wildman–Crippen LogP) is 9.28. The van der Waals surface area contributed by atoms with E-state index in [0.717, 1.165) is 59.9 Å². The molecule has 0 saturated carbocycles. The number of aromatic nitrogens is 2. The van der Waals surface area contributed by atoms with E-state index in [9.17, 15) is 4.79 Å². The van der Waals surface area contributed by atoms with Crippen molar-refractivity contribution < 1.29 is 13.6 Å². The van der Waals surface area contributed by atoms with Gasteiger partial charge in [-0.2, -0.15) is 0 Å². The molecule has 0 aliphatic rings. The fourth-order valence-corrected chi connectivity index (χ4v) is 11.1. The van der Waals surface area contributed by atoms with Gasteiger partial charge < -0.3 is 0 Å². The zero-order valence-corrected chi connectivity index (χ0v) is 28.3. The van der Waals surface area contributed by atoms with Crippen LogP contribution in [-0.4, -0.2) is 42.4 Å². The number of Topliss-reactive ketones (excluding diaryl/α,β-unsaturated/α-hetero) is 1. The topological polar surface area (TPSA) is 69.1 Å². The van der Waals surface area contributed by atoms with Gasteiger partial charge in [-0.05, 0) is 0 Å². The van der Waals surface area contributed by atoms with Crippen LogP contribution in [-0.2, 0) is 17.0 Å². The van der Waals surface area contributed by atoms with E-state index in [-0.39, 0.29) is 12.2 Å². The number of nitrogens with zero attached hydrogens (tertiary/aromatic N) is 2. The summed E-state index contributed by atoms with van der Waals surface area (Å²) in [6, 6.07) is 4.30. The van der Waals surface area contributed by atoms with Crippen LogP contribution in [0.4, 0.5) is 0 Å². The van der Waals surface area contributed by atoms with Crippen LogP contribution in [0.1, 0.15) is 102 Å². The minimum absolute atomic E-state index is 0.195. The van der Waals surface area contributed by atoms with Crippen molar-refractivity contribution >= 4 is 90.4 Å². The Bertz CT molecular complexity index is 1740. The second kappa shape index (κ2) is 14.5. The monoisotopic (exact) mass is 704 g/mol. The number of thioether (sulfide) groups is 1. The van der Waals surface area contributed by atoms with Crippen molar-refractivity contribution in [2.45, 2.75) is 102 Å². The molecule has 5 nitrogen and oxygen atoms in total. The molecule has 0 atom stereocenters. The van der Waals surface area contributed by atoms with Crippen LogP contribution in [0.2, 0.25) is 0 Å². The molecule has 0 N–H and O–H groups in total. The van der Waals surface area contributed by atoms with E-state index in [2.05, 4.69) is 44.1 Å². The summed E-state index contributed by atoms with van der Waals surface area (Å²) < 4.78 is 15.1. The molecule has 216 valence electrons. The molecule has 41 heavy (non-hydrogen) atoms. The van der Waals surface area contributed by atoms with Crippen molar-refractivity contribution in [2.75, 3.05) is 6.26 Å². The number of fused-ring (bicyclic) bond motifs is 5. The molecule has 2 aromatic carbocycles. The first kappa shape index (κ1) is 30.6. The third-order valence-electron chi connectivity index (χ3n) is 7.48. The van der Waals surface area contributed by atoms with Crippen LogP contribution < -0.4 is 0 Å². The zero-order chi connectivity index (χ0) is 28.8. The van der Waals surface area contributed by atoms with Crippen LogP contribution in [0.25, 0.3) is 39.8 Å². The summed E-state index contributed by atoms with van der Waals surface area (Å²) in [5.74, 6) is 8.20. The summed E-state index contributed by atoms with van der Waals surface area (Å²) in [5.41, 5.74) is 4.39. The van der Waals surface area contributed by atoms with Gasteiger partial charge in [0, 0.05) is 0 Å². The first-order valence-electron chi connectivity index (χ1n) is 14.8. The summed E-state index contributed by atoms with van der Waals surface area (Å²) in [6.45, 7) is 4.41. The van der Waals surface area contributed by atoms with Crippen molar-refractivity contribution in [3.63, 3.8) is 0 Å². The Morgan fingerprint density at radius 1 is 0.927 bits per heavy atom. The van der Waals surface area contributed by atoms with Crippen molar-refractivity contribution in [3.05, 3.63) is 29.5 Å². The number of rotatable bonds is 14. The van der Waals surface area contributed by atoms with Gasteiger partial charge in [-0.25, -0.2) is 0 Å². The van der Waals surface area contributed by atoms with Gasteiger partial charge in [0.25, 0.3) is 0 Å². The number of ketones is 1. The number of thiol groups is 1. The molecule has 5 rings (SSSR count). The summed E-state index contributed by atoms with van der Waals surface area (Å²) in [7, 11) is 0. The summed E-state index contributed by atoms with van der Waals surface area (Å²) in [4.78, 5) is 23.3. The molecule has 0 spiro atoms. The third-order valence-corrected chi connectivity index (χ3v) is 12.7. The Morgan fingerprint density at radius 3 is 2.37 bits per heavy atom. The maximum absolute atomic E-state index is 12.6. The number of hydrogen-bond acceptors (Lipinski definition) is 7. The van der Waals surface area contributed by atoms with E-state index < -0.39 is 20.4 Å². The molecule has 8 heteroatoms. The average molecular weight is 702 g/mol. The molecule has 3 heterocycles. The number of benzene rings is 2. The first-order valence-corrected chi connectivity index (χ1v) is 19.0. The van der Waals surface area contributed by atoms with Gasteiger partial charge in [-0.3, -0.25) is 0 Å². The van der Waals surface area contributed by atoms with Crippen molar-refractivity contribution in [3.8, 4) is 11.8 Å². The minimum atomic E-state index is -0.713. The molecular weight excluding hydrogens is 664 g/mol. The third kappa shape index (κ3) is 6.86. The van der Waals surface area contributed by atoms with Crippen molar-refractivity contribution in [1.29, 1.82) is 0 Å². The summed E-state index contributed by atoms with van der Waals surface area (Å²) >= 11 is 5.71. The van der Waals surface area contributed by atoms with Crippen LogP contribution in [0.3, 0.4) is 0 Å². The second-order valence-electron chi connectivity index (χ2n) is 10.6. The maximum atomic E-state index is 12.6. The fourth-order valence-electron chi connectivity index (χ4n) is 5.32. The number of carbonyl (C=O) groups excluding carboxylic acids is 1. The van der Waals surface area contributed by atoms with Gasteiger partial charge in [0.2, 0.25) is 0 Å². The quantitative estimate of drug-likeness (QED) is 0.0409. The van der Waals surface area contributed by atoms with Gasteiger partial charge in [0.05, 0.1) is 0 Å². The van der Waals surface area contributed by atoms with Crippen molar-refractivity contribution in [1.82, 2.24) is 9.97 Å². The van der Waals surface area contributed by atoms with E-state index >= 15 is 0 Å². The Labute approximate surface area is 261 Å². The Balaban J connectivity index is 1.47. The van der Waals surface area contributed by atoms with E-state index in [1.807, 2.05) is 0 Å². The van der Waals surface area contributed by atoms with Gasteiger partial charge in [0.1, 0.15) is 0 Å². The number of unbranched alkanes of at least 4 members (excludes halogenated alkanes) is 8. The molecule has 3 aromatic heterocycles. The second-order valence-corrected chi connectivity index (χ2v) is 14.6. The van der Waals surface area contributed by atoms with E-state index in [4.69, 9.17) is 31.4 Å². The van der Waals surface area contributed by atoms with Gasteiger partial charge in [-0.15, -0.1) is 0 Å². The molecule has 0 aliphatic heterocycles. The van der Waals surface area contributed by atoms with E-state index in [1.54, 1.807) is 11.8 Å². The molecule has 0 saturated heterocycles. The van der Waals surface area contributed by atoms with Crippen LogP contribution in [0.15, 0.2) is 25.9 Å². The molecule has 0 amide bonds. The molecule has 0 aliphatic carbocycles. The molecule has 0 radical (unpaired) electrons. The molecular formula is C33H38N2O3S2Te. The molecule has 5 aromatic rings. The molecule has 0 fully saturated rings. The average Bonchev–Trinajstić information content (AvgIpc) is 3.66. The standard InChI is InChI=1S/C33H38N2O3S2Te/c1-4-6-8-10-11-12-14-16-27-34-26-19-23-22-18-25-29(38-28(35-25)17-21(36)15-13-9-7-5-2)24(20-39)32(22)41-33(23)31(40-3)30(26)37-27/h18-19,39H,4-13,15,17,20H2,1-3H3. The van der Waals surface area contributed by atoms with Gasteiger partial charge >= 0.3 is 243 Å². The Hall–Kier alpha value is -1.90. The first-order chi connectivity index (χ1) is 20.1. The van der Waals surface area contributed by atoms with Gasteiger partial charge in [0.15, 0.2) is 0 Å². The van der Waals surface area contributed by atoms with Gasteiger partial charge in [-0.1, -0.05) is 20.3 Å².